The predicted octanol–water partition coefficient (Wildman–Crippen LogP) is 4.86. The summed E-state index contributed by atoms with van der Waals surface area (Å²) in [6.45, 7) is 3.72. The Morgan fingerprint density at radius 1 is 1.19 bits per heavy atom. The molecular weight excluding hydrogens is 289 g/mol. The molecule has 112 valence electrons. The summed E-state index contributed by atoms with van der Waals surface area (Å²) in [5.41, 5.74) is 7.36. The zero-order chi connectivity index (χ0) is 15.4. The fraction of sp³-hybridized carbons (Fsp3) is 0.294. The third-order valence-electron chi connectivity index (χ3n) is 3.44. The summed E-state index contributed by atoms with van der Waals surface area (Å²) >= 11 is 6.24. The van der Waals surface area contributed by atoms with Crippen molar-refractivity contribution in [3.63, 3.8) is 0 Å². The Bertz CT molecular complexity index is 630. The van der Waals surface area contributed by atoms with E-state index in [0.717, 1.165) is 12.0 Å². The number of hydrogen-bond acceptors (Lipinski definition) is 2. The van der Waals surface area contributed by atoms with Gasteiger partial charge in [-0.3, -0.25) is 0 Å². The van der Waals surface area contributed by atoms with E-state index in [9.17, 15) is 4.39 Å². The van der Waals surface area contributed by atoms with Crippen LogP contribution < -0.4 is 10.5 Å². The fourth-order valence-corrected chi connectivity index (χ4v) is 2.30. The Kier molecular flexibility index (Phi) is 5.21. The van der Waals surface area contributed by atoms with Crippen LogP contribution in [0.3, 0.4) is 0 Å². The van der Waals surface area contributed by atoms with Gasteiger partial charge in [0.1, 0.15) is 5.75 Å². The first-order valence-electron chi connectivity index (χ1n) is 6.98. The highest BCUT2D eigenvalue weighted by atomic mass is 35.5. The Labute approximate surface area is 129 Å². The molecule has 0 heterocycles. The largest absolute Gasteiger partial charge is 0.454 e. The quantitative estimate of drug-likeness (QED) is 0.856. The molecule has 0 saturated carbocycles. The topological polar surface area (TPSA) is 35.2 Å². The molecule has 0 aliphatic rings. The summed E-state index contributed by atoms with van der Waals surface area (Å²) < 4.78 is 19.8. The van der Waals surface area contributed by atoms with Gasteiger partial charge in [-0.1, -0.05) is 36.7 Å². The second-order valence-electron chi connectivity index (χ2n) is 5.08. The van der Waals surface area contributed by atoms with E-state index in [2.05, 4.69) is 0 Å². The van der Waals surface area contributed by atoms with Crippen LogP contribution in [0.15, 0.2) is 36.4 Å². The fourth-order valence-electron chi connectivity index (χ4n) is 2.06. The molecule has 2 aromatic carbocycles. The molecule has 2 N–H and O–H groups in total. The van der Waals surface area contributed by atoms with Crippen LogP contribution in [0.2, 0.25) is 5.02 Å². The Balaban J connectivity index is 2.35. The van der Waals surface area contributed by atoms with Crippen molar-refractivity contribution in [2.45, 2.75) is 32.7 Å². The molecule has 2 rings (SSSR count). The number of hydrogen-bond donors (Lipinski definition) is 1. The van der Waals surface area contributed by atoms with Crippen LogP contribution >= 0.6 is 11.6 Å². The summed E-state index contributed by atoms with van der Waals surface area (Å²) in [6.07, 6.45) is 1.43. The maximum absolute atomic E-state index is 14.1. The van der Waals surface area contributed by atoms with Crippen LogP contribution in [0.25, 0.3) is 0 Å². The first-order valence-corrected chi connectivity index (χ1v) is 7.36. The van der Waals surface area contributed by atoms with Gasteiger partial charge in [0, 0.05) is 16.6 Å². The van der Waals surface area contributed by atoms with Gasteiger partial charge >= 0.3 is 0 Å². The van der Waals surface area contributed by atoms with Gasteiger partial charge in [-0.05, 0) is 43.5 Å². The van der Waals surface area contributed by atoms with Crippen LogP contribution in [-0.2, 0) is 6.42 Å². The number of nitrogens with two attached hydrogens (primary N) is 1. The van der Waals surface area contributed by atoms with E-state index in [1.165, 1.54) is 0 Å². The van der Waals surface area contributed by atoms with E-state index < -0.39 is 0 Å². The van der Waals surface area contributed by atoms with E-state index in [1.807, 2.05) is 6.92 Å². The molecule has 1 unspecified atom stereocenters. The minimum atomic E-state index is -0.358. The lowest BCUT2D eigenvalue weighted by molar-refractivity contribution is 0.433. The average Bonchev–Trinajstić information content (AvgIpc) is 2.47. The molecule has 1 atom stereocenters. The molecular formula is C17H19ClFNO. The maximum atomic E-state index is 14.1. The lowest BCUT2D eigenvalue weighted by Gasteiger charge is -2.16. The van der Waals surface area contributed by atoms with Gasteiger partial charge in [0.15, 0.2) is 11.6 Å². The molecule has 0 aromatic heterocycles. The SMILES string of the molecule is CCC(N)Cc1c(Cl)cccc1Oc1cccc(C)c1F. The summed E-state index contributed by atoms with van der Waals surface area (Å²) in [6, 6.07) is 10.4. The van der Waals surface area contributed by atoms with Crippen molar-refractivity contribution in [1.29, 1.82) is 0 Å². The van der Waals surface area contributed by atoms with Crippen molar-refractivity contribution < 1.29 is 9.13 Å². The van der Waals surface area contributed by atoms with Crippen molar-refractivity contribution in [3.05, 3.63) is 58.4 Å². The Morgan fingerprint density at radius 3 is 2.57 bits per heavy atom. The van der Waals surface area contributed by atoms with E-state index in [1.54, 1.807) is 43.3 Å². The molecule has 0 fully saturated rings. The van der Waals surface area contributed by atoms with Crippen molar-refractivity contribution in [2.24, 2.45) is 5.73 Å². The van der Waals surface area contributed by atoms with Crippen molar-refractivity contribution in [2.75, 3.05) is 0 Å². The van der Waals surface area contributed by atoms with E-state index in [0.29, 0.717) is 22.8 Å². The average molecular weight is 308 g/mol. The lowest BCUT2D eigenvalue weighted by atomic mass is 10.0. The van der Waals surface area contributed by atoms with Gasteiger partial charge in [0.2, 0.25) is 0 Å². The number of ether oxygens (including phenoxy) is 1. The van der Waals surface area contributed by atoms with Gasteiger partial charge in [0.05, 0.1) is 0 Å². The molecule has 21 heavy (non-hydrogen) atoms. The number of rotatable bonds is 5. The predicted molar refractivity (Wildman–Crippen MR) is 84.6 cm³/mol. The van der Waals surface area contributed by atoms with Crippen molar-refractivity contribution in [3.8, 4) is 11.5 Å². The Hall–Kier alpha value is -1.58. The second kappa shape index (κ2) is 6.92. The van der Waals surface area contributed by atoms with Crippen LogP contribution in [-0.4, -0.2) is 6.04 Å². The zero-order valence-electron chi connectivity index (χ0n) is 12.2. The first kappa shape index (κ1) is 15.8. The summed E-state index contributed by atoms with van der Waals surface area (Å²) in [7, 11) is 0. The van der Waals surface area contributed by atoms with Crippen LogP contribution in [0, 0.1) is 12.7 Å². The third-order valence-corrected chi connectivity index (χ3v) is 3.80. The maximum Gasteiger partial charge on any atom is 0.168 e. The van der Waals surface area contributed by atoms with Crippen LogP contribution in [0.4, 0.5) is 4.39 Å². The molecule has 0 aliphatic heterocycles. The summed E-state index contributed by atoms with van der Waals surface area (Å²) in [5.74, 6) is 0.391. The first-order chi connectivity index (χ1) is 10.0. The van der Waals surface area contributed by atoms with Gasteiger partial charge in [-0.15, -0.1) is 0 Å². The van der Waals surface area contributed by atoms with Gasteiger partial charge in [-0.2, -0.15) is 0 Å². The van der Waals surface area contributed by atoms with E-state index >= 15 is 0 Å². The molecule has 0 spiro atoms. The summed E-state index contributed by atoms with van der Waals surface area (Å²) in [5, 5.41) is 0.587. The molecule has 0 bridgehead atoms. The highest BCUT2D eigenvalue weighted by molar-refractivity contribution is 6.31. The van der Waals surface area contributed by atoms with E-state index in [-0.39, 0.29) is 17.6 Å². The molecule has 0 aliphatic carbocycles. The lowest BCUT2D eigenvalue weighted by Crippen LogP contribution is -2.21. The van der Waals surface area contributed by atoms with Gasteiger partial charge in [0.25, 0.3) is 0 Å². The van der Waals surface area contributed by atoms with Crippen LogP contribution in [0.5, 0.6) is 11.5 Å². The van der Waals surface area contributed by atoms with Crippen LogP contribution in [0.1, 0.15) is 24.5 Å². The third kappa shape index (κ3) is 3.74. The number of aryl methyl sites for hydroxylation is 1. The molecule has 2 aromatic rings. The number of benzene rings is 2. The molecule has 0 radical (unpaired) electrons. The minimum Gasteiger partial charge on any atom is -0.454 e. The standard InChI is InChI=1S/C17H19ClFNO/c1-3-12(20)10-13-14(18)7-5-8-15(13)21-16-9-4-6-11(2)17(16)19/h4-9,12H,3,10,20H2,1-2H3. The summed E-state index contributed by atoms with van der Waals surface area (Å²) in [4.78, 5) is 0. The van der Waals surface area contributed by atoms with Gasteiger partial charge in [-0.25, -0.2) is 4.39 Å². The molecule has 0 saturated heterocycles. The van der Waals surface area contributed by atoms with Crippen molar-refractivity contribution in [1.82, 2.24) is 0 Å². The van der Waals surface area contributed by atoms with Gasteiger partial charge < -0.3 is 10.5 Å². The molecule has 0 amide bonds. The van der Waals surface area contributed by atoms with Crippen molar-refractivity contribution >= 4 is 11.6 Å². The normalized spacial score (nSPS) is 12.2. The monoisotopic (exact) mass is 307 g/mol. The Morgan fingerprint density at radius 2 is 1.86 bits per heavy atom. The number of halogens is 2. The molecule has 2 nitrogen and oxygen atoms in total. The second-order valence-corrected chi connectivity index (χ2v) is 5.49. The minimum absolute atomic E-state index is 0.00499. The zero-order valence-corrected chi connectivity index (χ0v) is 13.0. The smallest absolute Gasteiger partial charge is 0.168 e. The molecule has 4 heteroatoms. The highest BCUT2D eigenvalue weighted by Gasteiger charge is 2.14. The highest BCUT2D eigenvalue weighted by Crippen LogP contribution is 2.33. The van der Waals surface area contributed by atoms with E-state index in [4.69, 9.17) is 22.1 Å².